The Morgan fingerprint density at radius 1 is 1.13 bits per heavy atom. The second-order valence-corrected chi connectivity index (χ2v) is 3.10. The van der Waals surface area contributed by atoms with Crippen molar-refractivity contribution in [3.05, 3.63) is 35.4 Å². The topological polar surface area (TPSA) is 26.0 Å². The zero-order valence-electron chi connectivity index (χ0n) is 7.48. The molecule has 1 nitrogen and oxygen atoms in total. The van der Waals surface area contributed by atoms with Gasteiger partial charge < -0.3 is 5.73 Å². The van der Waals surface area contributed by atoms with Crippen molar-refractivity contribution in [2.45, 2.75) is 18.6 Å². The van der Waals surface area contributed by atoms with Crippen LogP contribution >= 0.6 is 0 Å². The highest BCUT2D eigenvalue weighted by molar-refractivity contribution is 5.21. The zero-order chi connectivity index (χ0) is 11.6. The number of rotatable bonds is 2. The quantitative estimate of drug-likeness (QED) is 0.769. The standard InChI is InChI=1S/C9H8F5N/c10-6-2-1-5(3-7(6)11)8(15)4-9(12,13)14/h1-3,8H,4,15H2. The van der Waals surface area contributed by atoms with Crippen LogP contribution in [-0.4, -0.2) is 6.18 Å². The summed E-state index contributed by atoms with van der Waals surface area (Å²) in [5, 5.41) is 0. The van der Waals surface area contributed by atoms with Crippen molar-refractivity contribution in [1.29, 1.82) is 0 Å². The number of nitrogens with two attached hydrogens (primary N) is 1. The first-order valence-electron chi connectivity index (χ1n) is 4.07. The second kappa shape index (κ2) is 4.14. The van der Waals surface area contributed by atoms with E-state index in [-0.39, 0.29) is 5.56 Å². The first kappa shape index (κ1) is 11.9. The summed E-state index contributed by atoms with van der Waals surface area (Å²) in [5.41, 5.74) is 5.11. The SMILES string of the molecule is NC(CC(F)(F)F)c1ccc(F)c(F)c1. The van der Waals surface area contributed by atoms with Gasteiger partial charge in [-0.05, 0) is 17.7 Å². The van der Waals surface area contributed by atoms with Gasteiger partial charge in [-0.25, -0.2) is 8.78 Å². The van der Waals surface area contributed by atoms with E-state index in [0.29, 0.717) is 6.07 Å². The Kier molecular flexibility index (Phi) is 3.28. The Morgan fingerprint density at radius 3 is 2.20 bits per heavy atom. The van der Waals surface area contributed by atoms with Crippen LogP contribution in [0.4, 0.5) is 22.0 Å². The van der Waals surface area contributed by atoms with Crippen LogP contribution in [-0.2, 0) is 0 Å². The van der Waals surface area contributed by atoms with Crippen LogP contribution < -0.4 is 5.73 Å². The predicted molar refractivity (Wildman–Crippen MR) is 44.0 cm³/mol. The van der Waals surface area contributed by atoms with Gasteiger partial charge in [0.25, 0.3) is 0 Å². The molecule has 0 saturated carbocycles. The minimum Gasteiger partial charge on any atom is -0.324 e. The highest BCUT2D eigenvalue weighted by atomic mass is 19.4. The molecule has 0 aliphatic carbocycles. The third kappa shape index (κ3) is 3.47. The maximum atomic E-state index is 12.7. The van der Waals surface area contributed by atoms with Gasteiger partial charge in [0.05, 0.1) is 6.42 Å². The Balaban J connectivity index is 2.83. The van der Waals surface area contributed by atoms with E-state index in [4.69, 9.17) is 5.73 Å². The second-order valence-electron chi connectivity index (χ2n) is 3.10. The van der Waals surface area contributed by atoms with E-state index in [9.17, 15) is 22.0 Å². The van der Waals surface area contributed by atoms with Crippen LogP contribution in [0.1, 0.15) is 18.0 Å². The van der Waals surface area contributed by atoms with Crippen LogP contribution in [0.3, 0.4) is 0 Å². The fourth-order valence-electron chi connectivity index (χ4n) is 1.11. The lowest BCUT2D eigenvalue weighted by atomic mass is 10.0. The molecule has 2 N–H and O–H groups in total. The highest BCUT2D eigenvalue weighted by Crippen LogP contribution is 2.28. The smallest absolute Gasteiger partial charge is 0.324 e. The molecule has 0 fully saturated rings. The molecular weight excluding hydrogens is 217 g/mol. The average molecular weight is 225 g/mol. The molecule has 0 amide bonds. The molecule has 1 atom stereocenters. The third-order valence-corrected chi connectivity index (χ3v) is 1.82. The molecule has 0 saturated heterocycles. The predicted octanol–water partition coefficient (Wildman–Crippen LogP) is 2.92. The molecule has 0 spiro atoms. The first-order chi connectivity index (χ1) is 6.79. The average Bonchev–Trinajstić information content (AvgIpc) is 2.06. The molecule has 0 radical (unpaired) electrons. The molecule has 0 heterocycles. The van der Waals surface area contributed by atoms with Gasteiger partial charge in [-0.1, -0.05) is 6.07 Å². The van der Waals surface area contributed by atoms with Crippen molar-refractivity contribution in [2.24, 2.45) is 5.73 Å². The third-order valence-electron chi connectivity index (χ3n) is 1.82. The summed E-state index contributed by atoms with van der Waals surface area (Å²) < 4.78 is 60.9. The molecule has 0 aliphatic rings. The van der Waals surface area contributed by atoms with Crippen molar-refractivity contribution < 1.29 is 22.0 Å². The largest absolute Gasteiger partial charge is 0.390 e. The summed E-state index contributed by atoms with van der Waals surface area (Å²) in [6.07, 6.45) is -5.69. The van der Waals surface area contributed by atoms with E-state index in [1.807, 2.05) is 0 Å². The Labute approximate surface area is 82.7 Å². The molecule has 1 aromatic rings. The molecule has 84 valence electrons. The Bertz CT molecular complexity index is 347. The summed E-state index contributed by atoms with van der Waals surface area (Å²) in [7, 11) is 0. The Hall–Kier alpha value is -1.17. The van der Waals surface area contributed by atoms with Gasteiger partial charge in [0.15, 0.2) is 11.6 Å². The van der Waals surface area contributed by atoms with Gasteiger partial charge in [-0.2, -0.15) is 13.2 Å². The number of hydrogen-bond donors (Lipinski definition) is 1. The van der Waals surface area contributed by atoms with Crippen molar-refractivity contribution in [3.8, 4) is 0 Å². The number of hydrogen-bond acceptors (Lipinski definition) is 1. The van der Waals surface area contributed by atoms with E-state index in [1.54, 1.807) is 0 Å². The van der Waals surface area contributed by atoms with E-state index in [0.717, 1.165) is 12.1 Å². The number of halogens is 5. The summed E-state index contributed by atoms with van der Waals surface area (Å²) in [6.45, 7) is 0. The van der Waals surface area contributed by atoms with Crippen LogP contribution in [0.2, 0.25) is 0 Å². The lowest BCUT2D eigenvalue weighted by Gasteiger charge is -2.14. The maximum absolute atomic E-state index is 12.7. The van der Waals surface area contributed by atoms with Crippen LogP contribution in [0.25, 0.3) is 0 Å². The lowest BCUT2D eigenvalue weighted by molar-refractivity contribution is -0.138. The minimum absolute atomic E-state index is 0.0776. The van der Waals surface area contributed by atoms with Gasteiger partial charge in [-0.3, -0.25) is 0 Å². The summed E-state index contributed by atoms with van der Waals surface area (Å²) >= 11 is 0. The number of alkyl halides is 3. The lowest BCUT2D eigenvalue weighted by Crippen LogP contribution is -2.20. The maximum Gasteiger partial charge on any atom is 0.390 e. The van der Waals surface area contributed by atoms with Crippen LogP contribution in [0, 0.1) is 11.6 Å². The monoisotopic (exact) mass is 225 g/mol. The molecule has 0 aliphatic heterocycles. The molecule has 1 aromatic carbocycles. The van der Waals surface area contributed by atoms with Gasteiger partial charge in [0.1, 0.15) is 0 Å². The number of benzene rings is 1. The van der Waals surface area contributed by atoms with Crippen LogP contribution in [0.5, 0.6) is 0 Å². The zero-order valence-corrected chi connectivity index (χ0v) is 7.48. The summed E-state index contributed by atoms with van der Waals surface area (Å²) in [6, 6.07) is 1.08. The van der Waals surface area contributed by atoms with Gasteiger partial charge in [0, 0.05) is 6.04 Å². The first-order valence-corrected chi connectivity index (χ1v) is 4.07. The molecule has 1 rings (SSSR count). The van der Waals surface area contributed by atoms with Crippen LogP contribution in [0.15, 0.2) is 18.2 Å². The fraction of sp³-hybridized carbons (Fsp3) is 0.333. The van der Waals surface area contributed by atoms with E-state index in [2.05, 4.69) is 0 Å². The molecule has 6 heteroatoms. The van der Waals surface area contributed by atoms with Crippen molar-refractivity contribution in [3.63, 3.8) is 0 Å². The fourth-order valence-corrected chi connectivity index (χ4v) is 1.11. The van der Waals surface area contributed by atoms with Crippen molar-refractivity contribution in [2.75, 3.05) is 0 Å². The van der Waals surface area contributed by atoms with Gasteiger partial charge in [-0.15, -0.1) is 0 Å². The Morgan fingerprint density at radius 2 is 1.73 bits per heavy atom. The van der Waals surface area contributed by atoms with Crippen molar-refractivity contribution >= 4 is 0 Å². The molecule has 15 heavy (non-hydrogen) atoms. The summed E-state index contributed by atoms with van der Waals surface area (Å²) in [5.74, 6) is -2.32. The van der Waals surface area contributed by atoms with E-state index >= 15 is 0 Å². The van der Waals surface area contributed by atoms with E-state index < -0.39 is 30.3 Å². The molecule has 1 unspecified atom stereocenters. The normalized spacial score (nSPS) is 14.0. The van der Waals surface area contributed by atoms with Gasteiger partial charge >= 0.3 is 6.18 Å². The highest BCUT2D eigenvalue weighted by Gasteiger charge is 2.31. The van der Waals surface area contributed by atoms with Gasteiger partial charge in [0.2, 0.25) is 0 Å². The van der Waals surface area contributed by atoms with Crippen molar-refractivity contribution in [1.82, 2.24) is 0 Å². The summed E-state index contributed by atoms with van der Waals surface area (Å²) in [4.78, 5) is 0. The van der Waals surface area contributed by atoms with E-state index in [1.165, 1.54) is 0 Å². The molecule has 0 aromatic heterocycles. The molecular formula is C9H8F5N. The minimum atomic E-state index is -4.43. The molecule has 0 bridgehead atoms.